The second-order valence-electron chi connectivity index (χ2n) is 5.82. The lowest BCUT2D eigenvalue weighted by molar-refractivity contribution is -0.274. The van der Waals surface area contributed by atoms with Crippen LogP contribution >= 0.6 is 7.60 Å². The maximum Gasteiger partial charge on any atom is 0.492 e. The molecule has 0 saturated carbocycles. The Morgan fingerprint density at radius 1 is 0.655 bits per heavy atom. The Kier molecular flexibility index (Phi) is 7.69. The molecule has 3 aromatic carbocycles. The lowest BCUT2D eigenvalue weighted by Gasteiger charge is -2.15. The first-order chi connectivity index (χ1) is 14.2. The van der Waals surface area contributed by atoms with E-state index in [1.807, 2.05) is 12.1 Å². The number of carbonyl (C=O) groups is 1. The Morgan fingerprint density at radius 3 is 1.52 bits per heavy atom. The smallest absolute Gasteiger partial charge is 0.417 e. The molecule has 0 bridgehead atoms. The van der Waals surface area contributed by atoms with Crippen LogP contribution in [-0.4, -0.2) is 5.71 Å². The Hall–Kier alpha value is -2.80. The zero-order chi connectivity index (χ0) is 20.4. The van der Waals surface area contributed by atoms with E-state index in [2.05, 4.69) is 0 Å². The van der Waals surface area contributed by atoms with Gasteiger partial charge in [-0.2, -0.15) is 0 Å². The highest BCUT2D eigenvalue weighted by Gasteiger charge is 2.41. The fourth-order valence-electron chi connectivity index (χ4n) is 2.19. The molecule has 0 amide bonds. The summed E-state index contributed by atoms with van der Waals surface area (Å²) in [6, 6.07) is 26.1. The predicted molar refractivity (Wildman–Crippen MR) is 105 cm³/mol. The topological polar surface area (TPSA) is 80.3 Å². The lowest BCUT2D eigenvalue weighted by Crippen LogP contribution is -2.12. The van der Waals surface area contributed by atoms with Crippen LogP contribution in [-0.2, 0) is 36.9 Å². The van der Waals surface area contributed by atoms with E-state index in [9.17, 15) is 9.36 Å². The van der Waals surface area contributed by atoms with Crippen LogP contribution in [0.15, 0.2) is 91.0 Å². The highest BCUT2D eigenvalue weighted by Crippen LogP contribution is 2.51. The van der Waals surface area contributed by atoms with Crippen molar-refractivity contribution < 1.29 is 33.2 Å². The van der Waals surface area contributed by atoms with E-state index in [4.69, 9.17) is 23.9 Å². The summed E-state index contributed by atoms with van der Waals surface area (Å²) >= 11 is 0. The lowest BCUT2D eigenvalue weighted by atomic mass is 10.2. The van der Waals surface area contributed by atoms with Crippen molar-refractivity contribution in [2.45, 2.75) is 13.2 Å². The molecule has 3 aromatic rings. The number of ether oxygens (including phenoxy) is 1. The van der Waals surface area contributed by atoms with Gasteiger partial charge in [0.1, 0.15) is 19.0 Å². The summed E-state index contributed by atoms with van der Waals surface area (Å²) in [4.78, 5) is 22.4. The second kappa shape index (κ2) is 10.7. The normalized spacial score (nSPS) is 11.2. The van der Waals surface area contributed by atoms with Gasteiger partial charge in [-0.25, -0.2) is 19.1 Å². The van der Waals surface area contributed by atoms with Crippen LogP contribution in [0.3, 0.4) is 0 Å². The van der Waals surface area contributed by atoms with E-state index < -0.39 is 13.3 Å². The zero-order valence-corrected chi connectivity index (χ0v) is 16.3. The van der Waals surface area contributed by atoms with Crippen LogP contribution in [0.2, 0.25) is 0 Å². The molecular formula is C21H19O7P. The minimum Gasteiger partial charge on any atom is -0.417 e. The maximum atomic E-state index is 12.9. The van der Waals surface area contributed by atoms with Crippen molar-refractivity contribution >= 4 is 13.3 Å². The van der Waals surface area contributed by atoms with Crippen LogP contribution in [0.1, 0.15) is 11.1 Å². The van der Waals surface area contributed by atoms with Gasteiger partial charge in [0.25, 0.3) is 0 Å². The van der Waals surface area contributed by atoms with Gasteiger partial charge in [-0.1, -0.05) is 78.9 Å². The van der Waals surface area contributed by atoms with Gasteiger partial charge < -0.3 is 4.74 Å². The van der Waals surface area contributed by atoms with Gasteiger partial charge in [-0.05, 0) is 23.3 Å². The summed E-state index contributed by atoms with van der Waals surface area (Å²) in [6.45, 7) is -0.100. The molecule has 0 atom stereocenters. The summed E-state index contributed by atoms with van der Waals surface area (Å²) in [7, 11) is -4.56. The largest absolute Gasteiger partial charge is 0.492 e. The van der Waals surface area contributed by atoms with Crippen LogP contribution in [0, 0.1) is 0 Å². The van der Waals surface area contributed by atoms with Crippen molar-refractivity contribution in [3.63, 3.8) is 0 Å². The molecule has 0 N–H and O–H groups in total. The molecule has 29 heavy (non-hydrogen) atoms. The summed E-state index contributed by atoms with van der Waals surface area (Å²) < 4.78 is 27.7. The Morgan fingerprint density at radius 2 is 1.07 bits per heavy atom. The molecule has 0 saturated heterocycles. The zero-order valence-electron chi connectivity index (χ0n) is 15.4. The maximum absolute atomic E-state index is 12.9. The van der Waals surface area contributed by atoms with Crippen molar-refractivity contribution in [2.24, 2.45) is 0 Å². The van der Waals surface area contributed by atoms with Gasteiger partial charge in [-0.3, -0.25) is 0 Å². The number of carbonyl (C=O) groups excluding carboxylic acids is 1. The molecule has 150 valence electrons. The molecule has 0 aliphatic heterocycles. The van der Waals surface area contributed by atoms with Crippen molar-refractivity contribution in [3.05, 3.63) is 102 Å². The molecule has 7 nitrogen and oxygen atoms in total. The first kappa shape index (κ1) is 20.9. The number of hydrogen-bond acceptors (Lipinski definition) is 7. The summed E-state index contributed by atoms with van der Waals surface area (Å²) in [5.41, 5.74) is 0.242. The van der Waals surface area contributed by atoms with Crippen LogP contribution in [0.5, 0.6) is 5.75 Å². The fraction of sp³-hybridized carbons (Fsp3) is 0.0952. The van der Waals surface area contributed by atoms with E-state index in [0.717, 1.165) is 11.1 Å². The van der Waals surface area contributed by atoms with Crippen molar-refractivity contribution in [1.82, 2.24) is 0 Å². The number of para-hydroxylation sites is 1. The van der Waals surface area contributed by atoms with Gasteiger partial charge in [-0.15, -0.1) is 9.35 Å². The van der Waals surface area contributed by atoms with Crippen LogP contribution in [0.4, 0.5) is 4.79 Å². The Bertz CT molecular complexity index is 884. The molecule has 8 heteroatoms. The first-order valence-corrected chi connectivity index (χ1v) is 10.3. The van der Waals surface area contributed by atoms with Gasteiger partial charge in [0.15, 0.2) is 0 Å². The van der Waals surface area contributed by atoms with Crippen molar-refractivity contribution in [1.29, 1.82) is 0 Å². The molecule has 0 aliphatic rings. The molecule has 0 fully saturated rings. The number of rotatable bonds is 10. The third-order valence-electron chi connectivity index (χ3n) is 3.61. The third-order valence-corrected chi connectivity index (χ3v) is 4.75. The molecule has 0 aromatic heterocycles. The first-order valence-electron chi connectivity index (χ1n) is 8.73. The Labute approximate surface area is 168 Å². The molecule has 0 aliphatic carbocycles. The van der Waals surface area contributed by atoms with E-state index in [1.54, 1.807) is 66.7 Å². The SMILES string of the molecule is O=C(Oc1ccccc1)P(=O)(OOCc1ccccc1)OOCc1ccccc1. The molecule has 0 radical (unpaired) electrons. The van der Waals surface area contributed by atoms with E-state index >= 15 is 0 Å². The minimum absolute atomic E-state index is 0.0501. The quantitative estimate of drug-likeness (QED) is 0.240. The highest BCUT2D eigenvalue weighted by molar-refractivity contribution is 7.71. The summed E-state index contributed by atoms with van der Waals surface area (Å²) in [6.07, 6.45) is 0. The fourth-order valence-corrected chi connectivity index (χ4v) is 2.94. The van der Waals surface area contributed by atoms with Crippen molar-refractivity contribution in [2.75, 3.05) is 0 Å². The Balaban J connectivity index is 1.63. The molecule has 0 unspecified atom stereocenters. The molecular weight excluding hydrogens is 395 g/mol. The highest BCUT2D eigenvalue weighted by atomic mass is 31.2. The average molecular weight is 414 g/mol. The summed E-state index contributed by atoms with van der Waals surface area (Å²) in [5, 5.41) is 0. The second-order valence-corrected chi connectivity index (χ2v) is 7.48. The van der Waals surface area contributed by atoms with E-state index in [-0.39, 0.29) is 19.0 Å². The molecule has 0 spiro atoms. The van der Waals surface area contributed by atoms with Crippen molar-refractivity contribution in [3.8, 4) is 5.75 Å². The van der Waals surface area contributed by atoms with E-state index in [1.165, 1.54) is 12.1 Å². The van der Waals surface area contributed by atoms with Gasteiger partial charge in [0.2, 0.25) is 0 Å². The average Bonchev–Trinajstić information content (AvgIpc) is 2.76. The van der Waals surface area contributed by atoms with Gasteiger partial charge >= 0.3 is 13.3 Å². The monoisotopic (exact) mass is 414 g/mol. The third kappa shape index (κ3) is 6.64. The predicted octanol–water partition coefficient (Wildman–Crippen LogP) is 5.68. The number of benzene rings is 3. The molecule has 3 rings (SSSR count). The minimum atomic E-state index is -4.56. The summed E-state index contributed by atoms with van der Waals surface area (Å²) in [5.74, 6) is 0.177. The van der Waals surface area contributed by atoms with Gasteiger partial charge in [0, 0.05) is 0 Å². The van der Waals surface area contributed by atoms with Crippen LogP contribution in [0.25, 0.3) is 0 Å². The van der Waals surface area contributed by atoms with E-state index in [0.29, 0.717) is 0 Å². The molecule has 0 heterocycles. The standard InChI is InChI=1S/C21H19O7P/c22-21(26-20-14-8-3-9-15-20)29(23,27-24-16-18-10-4-1-5-11-18)28-25-17-19-12-6-2-7-13-19/h1-15H,16-17H2. The van der Waals surface area contributed by atoms with Gasteiger partial charge in [0.05, 0.1) is 0 Å². The number of hydrogen-bond donors (Lipinski definition) is 0. The van der Waals surface area contributed by atoms with Crippen LogP contribution < -0.4 is 4.74 Å².